The highest BCUT2D eigenvalue weighted by atomic mass is 32.2. The van der Waals surface area contributed by atoms with Crippen molar-refractivity contribution in [2.75, 3.05) is 11.9 Å². The van der Waals surface area contributed by atoms with Crippen molar-refractivity contribution in [3.8, 4) is 5.82 Å². The molecule has 1 saturated heterocycles. The van der Waals surface area contributed by atoms with Gasteiger partial charge in [-0.05, 0) is 86.8 Å². The van der Waals surface area contributed by atoms with Gasteiger partial charge in [-0.3, -0.25) is 19.3 Å². The van der Waals surface area contributed by atoms with Gasteiger partial charge in [-0.15, -0.1) is 0 Å². The van der Waals surface area contributed by atoms with E-state index in [9.17, 15) is 14.4 Å². The number of aromatic nitrogens is 2. The summed E-state index contributed by atoms with van der Waals surface area (Å²) < 4.78 is 2.01. The molecule has 1 aliphatic rings. The molecule has 0 saturated carbocycles. The van der Waals surface area contributed by atoms with Crippen molar-refractivity contribution in [1.29, 1.82) is 0 Å². The van der Waals surface area contributed by atoms with Crippen LogP contribution in [0.4, 0.5) is 10.5 Å². The molecule has 0 unspecified atom stereocenters. The molecule has 0 atom stereocenters. The summed E-state index contributed by atoms with van der Waals surface area (Å²) in [6.07, 6.45) is 3.52. The average Bonchev–Trinajstić information content (AvgIpc) is 3.21. The van der Waals surface area contributed by atoms with Gasteiger partial charge in [0.05, 0.1) is 4.91 Å². The summed E-state index contributed by atoms with van der Waals surface area (Å²) in [5.74, 6) is -0.0917. The van der Waals surface area contributed by atoms with Crippen LogP contribution in [0.1, 0.15) is 33.6 Å². The first kappa shape index (κ1) is 23.5. The van der Waals surface area contributed by atoms with E-state index < -0.39 is 17.1 Å². The molecular formula is C26H26N4O3S. The van der Waals surface area contributed by atoms with Crippen molar-refractivity contribution in [3.63, 3.8) is 0 Å². The number of nitrogens with one attached hydrogen (secondary N) is 1. The van der Waals surface area contributed by atoms with E-state index in [-0.39, 0.29) is 6.54 Å². The van der Waals surface area contributed by atoms with Gasteiger partial charge < -0.3 is 9.88 Å². The molecular weight excluding hydrogens is 448 g/mol. The molecule has 0 bridgehead atoms. The minimum atomic E-state index is -0.468. The van der Waals surface area contributed by atoms with Crippen LogP contribution >= 0.6 is 11.8 Å². The van der Waals surface area contributed by atoms with Gasteiger partial charge in [0.2, 0.25) is 5.91 Å². The molecule has 174 valence electrons. The average molecular weight is 475 g/mol. The molecule has 4 rings (SSSR count). The first-order chi connectivity index (χ1) is 16.2. The Morgan fingerprint density at radius 3 is 2.41 bits per heavy atom. The number of imide groups is 1. The Labute approximate surface area is 202 Å². The van der Waals surface area contributed by atoms with Gasteiger partial charge in [0.15, 0.2) is 0 Å². The van der Waals surface area contributed by atoms with E-state index in [1.807, 2.05) is 81.8 Å². The zero-order chi connectivity index (χ0) is 24.6. The number of hydrogen-bond donors (Lipinski definition) is 1. The third-order valence-corrected chi connectivity index (χ3v) is 6.71. The fraction of sp³-hybridized carbons (Fsp3) is 0.231. The number of rotatable bonds is 5. The van der Waals surface area contributed by atoms with Crippen LogP contribution in [0.25, 0.3) is 11.9 Å². The molecule has 1 aromatic carbocycles. The van der Waals surface area contributed by atoms with Gasteiger partial charge in [0.25, 0.3) is 11.1 Å². The summed E-state index contributed by atoms with van der Waals surface area (Å²) in [5, 5.41) is 2.37. The van der Waals surface area contributed by atoms with Crippen LogP contribution in [0.5, 0.6) is 0 Å². The maximum Gasteiger partial charge on any atom is 0.294 e. The lowest BCUT2D eigenvalue weighted by Gasteiger charge is -2.15. The number of carbonyl (C=O) groups excluding carboxylic acids is 3. The first-order valence-electron chi connectivity index (χ1n) is 10.9. The number of nitrogens with zero attached hydrogens (tertiary/aromatic N) is 3. The smallest absolute Gasteiger partial charge is 0.294 e. The number of amides is 3. The van der Waals surface area contributed by atoms with E-state index in [4.69, 9.17) is 0 Å². The van der Waals surface area contributed by atoms with Gasteiger partial charge in [-0.2, -0.15) is 0 Å². The van der Waals surface area contributed by atoms with Gasteiger partial charge in [-0.25, -0.2) is 4.98 Å². The van der Waals surface area contributed by atoms with Gasteiger partial charge in [0, 0.05) is 23.3 Å². The second-order valence-electron chi connectivity index (χ2n) is 8.44. The van der Waals surface area contributed by atoms with Gasteiger partial charge >= 0.3 is 0 Å². The molecule has 0 spiro atoms. The Balaban J connectivity index is 1.54. The maximum atomic E-state index is 13.0. The molecule has 34 heavy (non-hydrogen) atoms. The lowest BCUT2D eigenvalue weighted by molar-refractivity contribution is -0.127. The standard InChI is InChI=1S/C26H26N4O3S/c1-15-9-10-22(27-13-15)30-18(4)11-20(19(30)5)12-21-25(32)29(26(33)34-21)14-23(31)28-24-16(2)7-6-8-17(24)3/h6-13H,14H2,1-5H3,(H,28,31)/b21-12+. The van der Waals surface area contributed by atoms with Crippen LogP contribution in [-0.4, -0.2) is 38.0 Å². The fourth-order valence-corrected chi connectivity index (χ4v) is 4.82. The number of pyridine rings is 1. The predicted octanol–water partition coefficient (Wildman–Crippen LogP) is 5.09. The lowest BCUT2D eigenvalue weighted by Crippen LogP contribution is -2.36. The number of para-hydroxylation sites is 1. The Kier molecular flexibility index (Phi) is 6.43. The minimum absolute atomic E-state index is 0.294. The third-order valence-electron chi connectivity index (χ3n) is 5.80. The maximum absolute atomic E-state index is 13.0. The molecule has 7 nitrogen and oxygen atoms in total. The van der Waals surface area contributed by atoms with Crippen molar-refractivity contribution in [1.82, 2.24) is 14.5 Å². The van der Waals surface area contributed by atoms with Crippen molar-refractivity contribution < 1.29 is 14.4 Å². The summed E-state index contributed by atoms with van der Waals surface area (Å²) in [5.41, 5.74) is 6.31. The molecule has 0 radical (unpaired) electrons. The normalized spacial score (nSPS) is 14.9. The minimum Gasteiger partial charge on any atom is -0.324 e. The van der Waals surface area contributed by atoms with E-state index in [1.54, 1.807) is 6.08 Å². The fourth-order valence-electron chi connectivity index (χ4n) is 3.99. The van der Waals surface area contributed by atoms with Gasteiger partial charge in [0.1, 0.15) is 12.4 Å². The highest BCUT2D eigenvalue weighted by Crippen LogP contribution is 2.33. The van der Waals surface area contributed by atoms with Crippen molar-refractivity contribution in [3.05, 3.63) is 81.1 Å². The van der Waals surface area contributed by atoms with E-state index in [0.717, 1.165) is 56.1 Å². The Morgan fingerprint density at radius 1 is 1.06 bits per heavy atom. The van der Waals surface area contributed by atoms with Crippen LogP contribution in [-0.2, 0) is 9.59 Å². The number of benzene rings is 1. The summed E-state index contributed by atoms with van der Waals surface area (Å²) in [4.78, 5) is 43.9. The summed E-state index contributed by atoms with van der Waals surface area (Å²) in [6, 6.07) is 11.6. The van der Waals surface area contributed by atoms with Crippen LogP contribution in [0.15, 0.2) is 47.5 Å². The SMILES string of the molecule is Cc1ccc(-n2c(C)cc(/C=C3/SC(=O)N(CC(=O)Nc4c(C)cccc4C)C3=O)c2C)nc1. The number of thioether (sulfide) groups is 1. The lowest BCUT2D eigenvalue weighted by atomic mass is 10.1. The summed E-state index contributed by atoms with van der Waals surface area (Å²) in [6.45, 7) is 9.36. The molecule has 2 aromatic heterocycles. The molecule has 0 aliphatic carbocycles. The predicted molar refractivity (Wildman–Crippen MR) is 135 cm³/mol. The van der Waals surface area contributed by atoms with E-state index in [0.29, 0.717) is 10.6 Å². The number of carbonyl (C=O) groups is 3. The van der Waals surface area contributed by atoms with Crippen LogP contribution in [0.3, 0.4) is 0 Å². The Hall–Kier alpha value is -3.65. The molecule has 1 N–H and O–H groups in total. The van der Waals surface area contributed by atoms with Gasteiger partial charge in [-0.1, -0.05) is 24.3 Å². The molecule has 1 aliphatic heterocycles. The van der Waals surface area contributed by atoms with E-state index >= 15 is 0 Å². The highest BCUT2D eigenvalue weighted by Gasteiger charge is 2.36. The zero-order valence-electron chi connectivity index (χ0n) is 19.8. The molecule has 3 amide bonds. The molecule has 3 aromatic rings. The Morgan fingerprint density at radius 2 is 1.76 bits per heavy atom. The zero-order valence-corrected chi connectivity index (χ0v) is 20.6. The second kappa shape index (κ2) is 9.30. The first-order valence-corrected chi connectivity index (χ1v) is 11.7. The second-order valence-corrected chi connectivity index (χ2v) is 9.43. The monoisotopic (exact) mass is 474 g/mol. The van der Waals surface area contributed by atoms with Crippen LogP contribution in [0, 0.1) is 34.6 Å². The van der Waals surface area contributed by atoms with E-state index in [1.165, 1.54) is 0 Å². The third kappa shape index (κ3) is 4.54. The molecule has 3 heterocycles. The van der Waals surface area contributed by atoms with Crippen molar-refractivity contribution in [2.24, 2.45) is 0 Å². The molecule has 1 fully saturated rings. The molecule has 8 heteroatoms. The van der Waals surface area contributed by atoms with Crippen molar-refractivity contribution >= 4 is 40.6 Å². The quantitative estimate of drug-likeness (QED) is 0.521. The number of hydrogen-bond acceptors (Lipinski definition) is 5. The Bertz CT molecular complexity index is 1320. The largest absolute Gasteiger partial charge is 0.324 e. The van der Waals surface area contributed by atoms with Crippen molar-refractivity contribution in [2.45, 2.75) is 34.6 Å². The number of anilines is 1. The topological polar surface area (TPSA) is 84.3 Å². The highest BCUT2D eigenvalue weighted by molar-refractivity contribution is 8.18. The van der Waals surface area contributed by atoms with Crippen LogP contribution in [0.2, 0.25) is 0 Å². The number of aryl methyl sites for hydroxylation is 4. The van der Waals surface area contributed by atoms with E-state index in [2.05, 4.69) is 10.3 Å². The summed E-state index contributed by atoms with van der Waals surface area (Å²) in [7, 11) is 0. The van der Waals surface area contributed by atoms with Crippen LogP contribution < -0.4 is 5.32 Å². The summed E-state index contributed by atoms with van der Waals surface area (Å²) >= 11 is 0.846.